The van der Waals surface area contributed by atoms with Crippen molar-refractivity contribution < 1.29 is 9.53 Å². The van der Waals surface area contributed by atoms with Crippen LogP contribution in [0.4, 0.5) is 5.82 Å². The van der Waals surface area contributed by atoms with E-state index in [2.05, 4.69) is 15.3 Å². The fourth-order valence-corrected chi connectivity index (χ4v) is 3.25. The zero-order chi connectivity index (χ0) is 18.1. The number of hydrogen-bond acceptors (Lipinski definition) is 4. The molecule has 1 amide bonds. The van der Waals surface area contributed by atoms with E-state index in [1.165, 1.54) is 0 Å². The molecule has 0 aliphatic carbocycles. The number of fused-ring (bicyclic) bond motifs is 1. The molecule has 4 rings (SSSR count). The maximum atomic E-state index is 12.4. The van der Waals surface area contributed by atoms with Gasteiger partial charge in [-0.15, -0.1) is 0 Å². The van der Waals surface area contributed by atoms with Crippen molar-refractivity contribution in [2.45, 2.75) is 32.3 Å². The third-order valence-electron chi connectivity index (χ3n) is 4.33. The Morgan fingerprint density at radius 1 is 1.27 bits per heavy atom. The molecule has 0 spiro atoms. The molecule has 1 atom stereocenters. The van der Waals surface area contributed by atoms with E-state index in [0.29, 0.717) is 12.2 Å². The minimum Gasteiger partial charge on any atom is -0.491 e. The van der Waals surface area contributed by atoms with Gasteiger partial charge in [-0.05, 0) is 43.7 Å². The lowest BCUT2D eigenvalue weighted by molar-refractivity contribution is -0.116. The van der Waals surface area contributed by atoms with Crippen molar-refractivity contribution in [1.82, 2.24) is 14.5 Å². The number of aromatic nitrogens is 3. The molecule has 2 aromatic heterocycles. The smallest absolute Gasteiger partial charge is 0.226 e. The maximum Gasteiger partial charge on any atom is 0.226 e. The second-order valence-electron chi connectivity index (χ2n) is 6.60. The molecule has 1 aromatic carbocycles. The Morgan fingerprint density at radius 2 is 2.15 bits per heavy atom. The highest BCUT2D eigenvalue weighted by Crippen LogP contribution is 2.38. The van der Waals surface area contributed by atoms with Crippen LogP contribution >= 0.6 is 0 Å². The minimum atomic E-state index is -0.104. The van der Waals surface area contributed by atoms with Crippen LogP contribution in [0.1, 0.15) is 37.4 Å². The van der Waals surface area contributed by atoms with Gasteiger partial charge in [-0.2, -0.15) is 0 Å². The highest BCUT2D eigenvalue weighted by molar-refractivity contribution is 5.94. The third kappa shape index (κ3) is 3.06. The van der Waals surface area contributed by atoms with Crippen LogP contribution in [-0.4, -0.2) is 26.5 Å². The molecule has 0 fully saturated rings. The first-order valence-electron chi connectivity index (χ1n) is 8.66. The molecule has 1 N–H and O–H groups in total. The quantitative estimate of drug-likeness (QED) is 0.783. The average molecular weight is 348 g/mol. The molecular formula is C20H20N4O2. The second kappa shape index (κ2) is 6.63. The van der Waals surface area contributed by atoms with Crippen molar-refractivity contribution in [2.75, 3.05) is 5.32 Å². The summed E-state index contributed by atoms with van der Waals surface area (Å²) in [6.07, 6.45) is 5.65. The van der Waals surface area contributed by atoms with Crippen molar-refractivity contribution in [2.24, 2.45) is 0 Å². The van der Waals surface area contributed by atoms with E-state index in [1.54, 1.807) is 18.7 Å². The van der Waals surface area contributed by atoms with Crippen LogP contribution in [0, 0.1) is 0 Å². The number of carbonyl (C=O) groups is 1. The Morgan fingerprint density at radius 3 is 2.92 bits per heavy atom. The molecule has 0 saturated carbocycles. The highest BCUT2D eigenvalue weighted by atomic mass is 16.5. The van der Waals surface area contributed by atoms with Gasteiger partial charge in [0, 0.05) is 18.5 Å². The van der Waals surface area contributed by atoms with Gasteiger partial charge in [0.15, 0.2) is 0 Å². The van der Waals surface area contributed by atoms with Gasteiger partial charge in [-0.3, -0.25) is 14.3 Å². The van der Waals surface area contributed by atoms with Crippen LogP contribution in [0.3, 0.4) is 0 Å². The first-order chi connectivity index (χ1) is 12.6. The van der Waals surface area contributed by atoms with Crippen molar-refractivity contribution in [3.05, 3.63) is 66.4 Å². The molecular weight excluding hydrogens is 328 g/mol. The molecule has 3 aromatic rings. The maximum absolute atomic E-state index is 12.4. The van der Waals surface area contributed by atoms with E-state index < -0.39 is 0 Å². The summed E-state index contributed by atoms with van der Waals surface area (Å²) < 4.78 is 7.66. The van der Waals surface area contributed by atoms with Gasteiger partial charge in [0.25, 0.3) is 0 Å². The number of rotatable bonds is 4. The van der Waals surface area contributed by atoms with Crippen LogP contribution < -0.4 is 10.1 Å². The fraction of sp³-hybridized carbons (Fsp3) is 0.250. The number of nitrogens with one attached hydrogen (secondary N) is 1. The van der Waals surface area contributed by atoms with Crippen LogP contribution in [0.15, 0.2) is 55.1 Å². The Hall–Kier alpha value is -3.15. The molecule has 1 aliphatic heterocycles. The van der Waals surface area contributed by atoms with Gasteiger partial charge in [0.2, 0.25) is 5.91 Å². The summed E-state index contributed by atoms with van der Waals surface area (Å²) in [4.78, 5) is 21.1. The van der Waals surface area contributed by atoms with E-state index in [0.717, 1.165) is 22.7 Å². The molecule has 132 valence electrons. The molecule has 1 unspecified atom stereocenters. The van der Waals surface area contributed by atoms with Crippen molar-refractivity contribution in [3.63, 3.8) is 0 Å². The number of carbonyl (C=O) groups excluding carboxylic acids is 1. The topological polar surface area (TPSA) is 69.0 Å². The Kier molecular flexibility index (Phi) is 4.16. The second-order valence-corrected chi connectivity index (χ2v) is 6.60. The van der Waals surface area contributed by atoms with E-state index in [1.807, 2.05) is 54.8 Å². The number of pyridine rings is 1. The van der Waals surface area contributed by atoms with Crippen LogP contribution in [-0.2, 0) is 4.79 Å². The Bertz CT molecular complexity index is 934. The number of benzene rings is 1. The number of anilines is 1. The number of imidazole rings is 1. The minimum absolute atomic E-state index is 0.0247. The number of ether oxygens (including phenoxy) is 1. The highest BCUT2D eigenvalue weighted by Gasteiger charge is 2.31. The SMILES string of the molecule is CC(C)Oc1cccc(C2CC(=O)Nc3c2ncn3-c2cccnc2)c1. The lowest BCUT2D eigenvalue weighted by Crippen LogP contribution is -2.25. The van der Waals surface area contributed by atoms with Crippen LogP contribution in [0.5, 0.6) is 5.75 Å². The van der Waals surface area contributed by atoms with Gasteiger partial charge in [0.1, 0.15) is 17.9 Å². The molecule has 0 saturated heterocycles. The lowest BCUT2D eigenvalue weighted by atomic mass is 9.89. The predicted molar refractivity (Wildman–Crippen MR) is 98.7 cm³/mol. The van der Waals surface area contributed by atoms with E-state index in [-0.39, 0.29) is 17.9 Å². The van der Waals surface area contributed by atoms with Gasteiger partial charge >= 0.3 is 0 Å². The molecule has 26 heavy (non-hydrogen) atoms. The zero-order valence-electron chi connectivity index (χ0n) is 14.7. The van der Waals surface area contributed by atoms with E-state index in [4.69, 9.17) is 4.74 Å². The summed E-state index contributed by atoms with van der Waals surface area (Å²) in [6.45, 7) is 3.99. The molecule has 3 heterocycles. The summed E-state index contributed by atoms with van der Waals surface area (Å²) in [6, 6.07) is 11.7. The summed E-state index contributed by atoms with van der Waals surface area (Å²) in [5.74, 6) is 1.38. The Balaban J connectivity index is 1.75. The Labute approximate surface area is 151 Å². The third-order valence-corrected chi connectivity index (χ3v) is 4.33. The van der Waals surface area contributed by atoms with Crippen LogP contribution in [0.2, 0.25) is 0 Å². The summed E-state index contributed by atoms with van der Waals surface area (Å²) >= 11 is 0. The average Bonchev–Trinajstić information content (AvgIpc) is 3.05. The largest absolute Gasteiger partial charge is 0.491 e. The molecule has 6 nitrogen and oxygen atoms in total. The number of hydrogen-bond donors (Lipinski definition) is 1. The normalized spacial score (nSPS) is 16.3. The summed E-state index contributed by atoms with van der Waals surface area (Å²) in [5.41, 5.74) is 2.74. The van der Waals surface area contributed by atoms with Crippen molar-refractivity contribution in [3.8, 4) is 11.4 Å². The molecule has 6 heteroatoms. The first kappa shape index (κ1) is 16.3. The fourth-order valence-electron chi connectivity index (χ4n) is 3.25. The van der Waals surface area contributed by atoms with Gasteiger partial charge in [-0.25, -0.2) is 4.98 Å². The van der Waals surface area contributed by atoms with Gasteiger partial charge in [0.05, 0.1) is 23.7 Å². The standard InChI is InChI=1S/C20H20N4O2/c1-13(2)26-16-7-3-5-14(9-16)17-10-18(25)23-20-19(17)22-12-24(20)15-6-4-8-21-11-15/h3-9,11-13,17H,10H2,1-2H3,(H,23,25). The van der Waals surface area contributed by atoms with Crippen molar-refractivity contribution in [1.29, 1.82) is 0 Å². The molecule has 1 aliphatic rings. The van der Waals surface area contributed by atoms with Gasteiger partial charge in [-0.1, -0.05) is 12.1 Å². The van der Waals surface area contributed by atoms with Crippen LogP contribution in [0.25, 0.3) is 5.69 Å². The van der Waals surface area contributed by atoms with Crippen molar-refractivity contribution >= 4 is 11.7 Å². The lowest BCUT2D eigenvalue weighted by Gasteiger charge is -2.24. The number of amides is 1. The molecule has 0 bridgehead atoms. The summed E-state index contributed by atoms with van der Waals surface area (Å²) in [5, 5.41) is 2.96. The number of nitrogens with zero attached hydrogens (tertiary/aromatic N) is 3. The zero-order valence-corrected chi connectivity index (χ0v) is 14.7. The monoisotopic (exact) mass is 348 g/mol. The van der Waals surface area contributed by atoms with E-state index in [9.17, 15) is 4.79 Å². The van der Waals surface area contributed by atoms with E-state index >= 15 is 0 Å². The summed E-state index contributed by atoms with van der Waals surface area (Å²) in [7, 11) is 0. The molecule has 0 radical (unpaired) electrons. The van der Waals surface area contributed by atoms with Gasteiger partial charge < -0.3 is 10.1 Å². The first-order valence-corrected chi connectivity index (χ1v) is 8.66. The predicted octanol–water partition coefficient (Wildman–Crippen LogP) is 3.53.